The lowest BCUT2D eigenvalue weighted by molar-refractivity contribution is -0.122. The van der Waals surface area contributed by atoms with Gasteiger partial charge in [-0.25, -0.2) is 0 Å². The van der Waals surface area contributed by atoms with Crippen molar-refractivity contribution in [1.82, 2.24) is 10.6 Å². The molecule has 1 aromatic carbocycles. The summed E-state index contributed by atoms with van der Waals surface area (Å²) >= 11 is 0. The van der Waals surface area contributed by atoms with Crippen molar-refractivity contribution in [2.75, 3.05) is 19.7 Å². The molecule has 4 nitrogen and oxygen atoms in total. The number of nitrogens with one attached hydrogen (secondary N) is 2. The molecule has 0 aliphatic carbocycles. The molecular weight excluding hydrogens is 240 g/mol. The molecular formula is C15H24N2O2. The largest absolute Gasteiger partial charge is 0.483 e. The smallest absolute Gasteiger partial charge is 0.257 e. The summed E-state index contributed by atoms with van der Waals surface area (Å²) in [6, 6.07) is 7.80. The van der Waals surface area contributed by atoms with E-state index in [1.807, 2.05) is 31.2 Å². The number of benzene rings is 1. The van der Waals surface area contributed by atoms with Crippen LogP contribution in [-0.2, 0) is 11.3 Å². The monoisotopic (exact) mass is 264 g/mol. The van der Waals surface area contributed by atoms with Gasteiger partial charge in [0.2, 0.25) is 0 Å². The van der Waals surface area contributed by atoms with Crippen molar-refractivity contribution in [2.45, 2.75) is 27.3 Å². The van der Waals surface area contributed by atoms with Crippen LogP contribution in [-0.4, -0.2) is 25.6 Å². The molecule has 1 rings (SSSR count). The fourth-order valence-electron chi connectivity index (χ4n) is 1.68. The number of carbonyl (C=O) groups excluding carboxylic acids is 1. The molecule has 0 fully saturated rings. The van der Waals surface area contributed by atoms with Gasteiger partial charge in [-0.3, -0.25) is 4.79 Å². The molecule has 19 heavy (non-hydrogen) atoms. The molecule has 0 saturated carbocycles. The SMILES string of the molecule is CCNC(=O)COc1ccccc1CNCC(C)C. The number of para-hydroxylation sites is 1. The van der Waals surface area contributed by atoms with Gasteiger partial charge < -0.3 is 15.4 Å². The standard InChI is InChI=1S/C15H24N2O2/c1-4-17-15(18)11-19-14-8-6-5-7-13(14)10-16-9-12(2)3/h5-8,12,16H,4,9-11H2,1-3H3,(H,17,18). The van der Waals surface area contributed by atoms with Crippen LogP contribution in [0.15, 0.2) is 24.3 Å². The highest BCUT2D eigenvalue weighted by molar-refractivity contribution is 5.77. The van der Waals surface area contributed by atoms with Crippen LogP contribution in [0.3, 0.4) is 0 Å². The molecule has 4 heteroatoms. The van der Waals surface area contributed by atoms with Crippen LogP contribution < -0.4 is 15.4 Å². The minimum absolute atomic E-state index is 0.0645. The Balaban J connectivity index is 2.50. The molecule has 0 atom stereocenters. The second-order valence-corrected chi connectivity index (χ2v) is 4.87. The highest BCUT2D eigenvalue weighted by Gasteiger charge is 2.05. The summed E-state index contributed by atoms with van der Waals surface area (Å²) in [6.45, 7) is 8.64. The van der Waals surface area contributed by atoms with Gasteiger partial charge in [-0.05, 0) is 25.5 Å². The highest BCUT2D eigenvalue weighted by atomic mass is 16.5. The third kappa shape index (κ3) is 6.25. The summed E-state index contributed by atoms with van der Waals surface area (Å²) in [4.78, 5) is 11.4. The van der Waals surface area contributed by atoms with Crippen molar-refractivity contribution in [2.24, 2.45) is 5.92 Å². The van der Waals surface area contributed by atoms with Gasteiger partial charge >= 0.3 is 0 Å². The molecule has 2 N–H and O–H groups in total. The van der Waals surface area contributed by atoms with E-state index in [0.29, 0.717) is 12.5 Å². The van der Waals surface area contributed by atoms with Crippen molar-refractivity contribution in [3.63, 3.8) is 0 Å². The zero-order chi connectivity index (χ0) is 14.1. The number of likely N-dealkylation sites (N-methyl/N-ethyl adjacent to an activating group) is 1. The van der Waals surface area contributed by atoms with Gasteiger partial charge in [0.05, 0.1) is 0 Å². The van der Waals surface area contributed by atoms with E-state index in [2.05, 4.69) is 24.5 Å². The van der Waals surface area contributed by atoms with Gasteiger partial charge in [0, 0.05) is 18.7 Å². The molecule has 0 radical (unpaired) electrons. The normalized spacial score (nSPS) is 10.5. The van der Waals surface area contributed by atoms with Crippen molar-refractivity contribution in [3.8, 4) is 5.75 Å². The number of hydrogen-bond donors (Lipinski definition) is 2. The predicted molar refractivity (Wildman–Crippen MR) is 77.2 cm³/mol. The Morgan fingerprint density at radius 1 is 1.32 bits per heavy atom. The van der Waals surface area contributed by atoms with Crippen LogP contribution in [0.1, 0.15) is 26.3 Å². The molecule has 106 valence electrons. The van der Waals surface area contributed by atoms with Crippen LogP contribution in [0.25, 0.3) is 0 Å². The Kier molecular flexibility index (Phi) is 6.97. The number of amides is 1. The third-order valence-corrected chi connectivity index (χ3v) is 2.57. The fraction of sp³-hybridized carbons (Fsp3) is 0.533. The number of carbonyl (C=O) groups is 1. The van der Waals surface area contributed by atoms with E-state index in [1.54, 1.807) is 0 Å². The first kappa shape index (κ1) is 15.5. The Hall–Kier alpha value is -1.55. The zero-order valence-corrected chi connectivity index (χ0v) is 12.0. The van der Waals surface area contributed by atoms with Crippen molar-refractivity contribution < 1.29 is 9.53 Å². The maximum Gasteiger partial charge on any atom is 0.257 e. The molecule has 0 aliphatic heterocycles. The van der Waals surface area contributed by atoms with Gasteiger partial charge in [0.15, 0.2) is 6.61 Å². The van der Waals surface area contributed by atoms with E-state index in [1.165, 1.54) is 0 Å². The van der Waals surface area contributed by atoms with E-state index in [0.717, 1.165) is 24.4 Å². The van der Waals surface area contributed by atoms with E-state index >= 15 is 0 Å². The van der Waals surface area contributed by atoms with Gasteiger partial charge in [0.1, 0.15) is 5.75 Å². The van der Waals surface area contributed by atoms with Crippen LogP contribution in [0.2, 0.25) is 0 Å². The minimum atomic E-state index is -0.0903. The van der Waals surface area contributed by atoms with Crippen LogP contribution in [0.4, 0.5) is 0 Å². The lowest BCUT2D eigenvalue weighted by Gasteiger charge is -2.12. The number of rotatable bonds is 8. The Bertz CT molecular complexity index is 391. The molecule has 1 aromatic rings. The van der Waals surface area contributed by atoms with Gasteiger partial charge in [-0.15, -0.1) is 0 Å². The third-order valence-electron chi connectivity index (χ3n) is 2.57. The summed E-state index contributed by atoms with van der Waals surface area (Å²) in [7, 11) is 0. The first-order valence-corrected chi connectivity index (χ1v) is 6.81. The summed E-state index contributed by atoms with van der Waals surface area (Å²) in [5.74, 6) is 1.29. The lowest BCUT2D eigenvalue weighted by Crippen LogP contribution is -2.28. The summed E-state index contributed by atoms with van der Waals surface area (Å²) < 4.78 is 5.56. The average Bonchev–Trinajstić information content (AvgIpc) is 2.37. The Morgan fingerprint density at radius 3 is 2.74 bits per heavy atom. The molecule has 0 aliphatic rings. The maximum atomic E-state index is 11.4. The number of ether oxygens (including phenoxy) is 1. The van der Waals surface area contributed by atoms with Crippen LogP contribution in [0, 0.1) is 5.92 Å². The van der Waals surface area contributed by atoms with E-state index < -0.39 is 0 Å². The topological polar surface area (TPSA) is 50.4 Å². The molecule has 0 unspecified atom stereocenters. The van der Waals surface area contributed by atoms with Gasteiger partial charge in [0.25, 0.3) is 5.91 Å². The van der Waals surface area contributed by atoms with Crippen molar-refractivity contribution >= 4 is 5.91 Å². The molecule has 0 bridgehead atoms. The molecule has 0 heterocycles. The minimum Gasteiger partial charge on any atom is -0.483 e. The lowest BCUT2D eigenvalue weighted by atomic mass is 10.2. The Morgan fingerprint density at radius 2 is 2.05 bits per heavy atom. The highest BCUT2D eigenvalue weighted by Crippen LogP contribution is 2.17. The quantitative estimate of drug-likeness (QED) is 0.754. The molecule has 0 aromatic heterocycles. The summed E-state index contributed by atoms with van der Waals surface area (Å²) in [5, 5.41) is 6.09. The van der Waals surface area contributed by atoms with Gasteiger partial charge in [-0.1, -0.05) is 32.0 Å². The molecule has 0 saturated heterocycles. The fourth-order valence-corrected chi connectivity index (χ4v) is 1.68. The Labute approximate surface area is 115 Å². The molecule has 1 amide bonds. The van der Waals surface area contributed by atoms with Crippen LogP contribution >= 0.6 is 0 Å². The molecule has 0 spiro atoms. The summed E-state index contributed by atoms with van der Waals surface area (Å²) in [5.41, 5.74) is 1.08. The average molecular weight is 264 g/mol. The first-order valence-electron chi connectivity index (χ1n) is 6.81. The first-order chi connectivity index (χ1) is 9.13. The van der Waals surface area contributed by atoms with E-state index in [9.17, 15) is 4.79 Å². The van der Waals surface area contributed by atoms with Crippen LogP contribution in [0.5, 0.6) is 5.75 Å². The zero-order valence-electron chi connectivity index (χ0n) is 12.0. The van der Waals surface area contributed by atoms with Crippen molar-refractivity contribution in [1.29, 1.82) is 0 Å². The second kappa shape index (κ2) is 8.53. The van der Waals surface area contributed by atoms with E-state index in [-0.39, 0.29) is 12.5 Å². The number of hydrogen-bond acceptors (Lipinski definition) is 3. The predicted octanol–water partition coefficient (Wildman–Crippen LogP) is 1.95. The maximum absolute atomic E-state index is 11.4. The second-order valence-electron chi connectivity index (χ2n) is 4.87. The summed E-state index contributed by atoms with van der Waals surface area (Å²) in [6.07, 6.45) is 0. The van der Waals surface area contributed by atoms with Crippen molar-refractivity contribution in [3.05, 3.63) is 29.8 Å². The van der Waals surface area contributed by atoms with Gasteiger partial charge in [-0.2, -0.15) is 0 Å². The van der Waals surface area contributed by atoms with E-state index in [4.69, 9.17) is 4.74 Å².